The molecule has 0 bridgehead atoms. The number of esters is 1. The van der Waals surface area contributed by atoms with Gasteiger partial charge >= 0.3 is 5.97 Å². The molecule has 0 unspecified atom stereocenters. The first-order valence-electron chi connectivity index (χ1n) is 4.71. The number of ether oxygens (including phenoxy) is 1. The maximum Gasteiger partial charge on any atom is 0.375 e. The Bertz CT molecular complexity index is 599. The second kappa shape index (κ2) is 4.84. The van der Waals surface area contributed by atoms with Crippen molar-refractivity contribution in [3.8, 4) is 11.3 Å². The lowest BCUT2D eigenvalue weighted by Gasteiger charge is -2.01. The van der Waals surface area contributed by atoms with E-state index in [0.717, 1.165) is 0 Å². The SMILES string of the molecule is COC(=O)c1oc(Cl)c(-c2c(Cl)cnn2C)c1Cl. The summed E-state index contributed by atoms with van der Waals surface area (Å²) in [7, 11) is 2.88. The Morgan fingerprint density at radius 1 is 1.44 bits per heavy atom. The highest BCUT2D eigenvalue weighted by molar-refractivity contribution is 6.41. The first-order chi connectivity index (χ1) is 8.47. The lowest BCUT2D eigenvalue weighted by atomic mass is 10.2. The van der Waals surface area contributed by atoms with Gasteiger partial charge in [0, 0.05) is 7.05 Å². The number of carbonyl (C=O) groups is 1. The molecule has 0 aromatic carbocycles. The van der Waals surface area contributed by atoms with Crippen molar-refractivity contribution in [1.82, 2.24) is 9.78 Å². The van der Waals surface area contributed by atoms with Gasteiger partial charge in [0.05, 0.1) is 29.6 Å². The van der Waals surface area contributed by atoms with Gasteiger partial charge in [-0.2, -0.15) is 5.10 Å². The van der Waals surface area contributed by atoms with Crippen molar-refractivity contribution in [3.05, 3.63) is 27.2 Å². The number of halogens is 3. The number of methoxy groups -OCH3 is 1. The second-order valence-corrected chi connectivity index (χ2v) is 4.48. The predicted octanol–water partition coefficient (Wildman–Crippen LogP) is 3.43. The van der Waals surface area contributed by atoms with E-state index in [1.165, 1.54) is 18.0 Å². The molecular formula is C10H7Cl3N2O3. The molecule has 0 fully saturated rings. The summed E-state index contributed by atoms with van der Waals surface area (Å²) in [6.45, 7) is 0. The maximum atomic E-state index is 11.4. The van der Waals surface area contributed by atoms with Crippen LogP contribution in [-0.4, -0.2) is 22.9 Å². The molecule has 0 aliphatic rings. The van der Waals surface area contributed by atoms with Crippen molar-refractivity contribution < 1.29 is 13.9 Å². The largest absolute Gasteiger partial charge is 0.463 e. The van der Waals surface area contributed by atoms with Crippen LogP contribution < -0.4 is 0 Å². The lowest BCUT2D eigenvalue weighted by Crippen LogP contribution is -2.00. The molecule has 0 amide bonds. The van der Waals surface area contributed by atoms with E-state index in [9.17, 15) is 4.79 Å². The Morgan fingerprint density at radius 3 is 2.61 bits per heavy atom. The van der Waals surface area contributed by atoms with Crippen molar-refractivity contribution >= 4 is 40.8 Å². The van der Waals surface area contributed by atoms with Crippen molar-refractivity contribution in [1.29, 1.82) is 0 Å². The van der Waals surface area contributed by atoms with Crippen LogP contribution in [0.15, 0.2) is 10.6 Å². The molecule has 0 saturated carbocycles. The number of aryl methyl sites for hydroxylation is 1. The van der Waals surface area contributed by atoms with Gasteiger partial charge in [-0.1, -0.05) is 23.2 Å². The summed E-state index contributed by atoms with van der Waals surface area (Å²) in [5.74, 6) is -0.886. The summed E-state index contributed by atoms with van der Waals surface area (Å²) in [5.41, 5.74) is 0.773. The van der Waals surface area contributed by atoms with Crippen molar-refractivity contribution in [3.63, 3.8) is 0 Å². The average Bonchev–Trinajstić information content (AvgIpc) is 2.80. The van der Waals surface area contributed by atoms with E-state index < -0.39 is 5.97 Å². The minimum absolute atomic E-state index is 0.0392. The number of nitrogens with zero attached hydrogens (tertiary/aromatic N) is 2. The third-order valence-corrected chi connectivity index (χ3v) is 3.21. The van der Waals surface area contributed by atoms with Gasteiger partial charge in [0.25, 0.3) is 0 Å². The second-order valence-electron chi connectivity index (χ2n) is 3.35. The zero-order valence-electron chi connectivity index (χ0n) is 9.33. The molecule has 2 rings (SSSR count). The molecule has 0 aliphatic carbocycles. The van der Waals surface area contributed by atoms with Crippen LogP contribution in [0.1, 0.15) is 10.6 Å². The highest BCUT2D eigenvalue weighted by Crippen LogP contribution is 2.42. The molecule has 5 nitrogen and oxygen atoms in total. The zero-order valence-corrected chi connectivity index (χ0v) is 11.6. The van der Waals surface area contributed by atoms with E-state index >= 15 is 0 Å². The van der Waals surface area contributed by atoms with Crippen LogP contribution in [0.2, 0.25) is 15.3 Å². The number of aromatic nitrogens is 2. The van der Waals surface area contributed by atoms with Gasteiger partial charge in [-0.25, -0.2) is 4.79 Å². The Morgan fingerprint density at radius 2 is 2.11 bits per heavy atom. The van der Waals surface area contributed by atoms with Crippen LogP contribution in [0.3, 0.4) is 0 Å². The van der Waals surface area contributed by atoms with Crippen molar-refractivity contribution in [2.75, 3.05) is 7.11 Å². The summed E-state index contributed by atoms with van der Waals surface area (Å²) >= 11 is 18.0. The molecule has 96 valence electrons. The summed E-state index contributed by atoms with van der Waals surface area (Å²) in [4.78, 5) is 11.4. The van der Waals surface area contributed by atoms with Crippen LogP contribution in [0.25, 0.3) is 11.3 Å². The normalized spacial score (nSPS) is 10.7. The fraction of sp³-hybridized carbons (Fsp3) is 0.200. The number of hydrogen-bond donors (Lipinski definition) is 0. The number of rotatable bonds is 2. The van der Waals surface area contributed by atoms with Crippen LogP contribution in [0, 0.1) is 0 Å². The summed E-state index contributed by atoms with van der Waals surface area (Å²) in [5, 5.41) is 4.29. The van der Waals surface area contributed by atoms with Crippen molar-refractivity contribution in [2.24, 2.45) is 7.05 Å². The molecule has 18 heavy (non-hydrogen) atoms. The van der Waals surface area contributed by atoms with E-state index in [1.54, 1.807) is 7.05 Å². The molecule has 8 heteroatoms. The molecule has 0 radical (unpaired) electrons. The molecule has 0 spiro atoms. The Hall–Kier alpha value is -1.17. The number of hydrogen-bond acceptors (Lipinski definition) is 4. The lowest BCUT2D eigenvalue weighted by molar-refractivity contribution is 0.0565. The predicted molar refractivity (Wildman–Crippen MR) is 67.3 cm³/mol. The smallest absolute Gasteiger partial charge is 0.375 e. The van der Waals surface area contributed by atoms with E-state index in [2.05, 4.69) is 9.84 Å². The maximum absolute atomic E-state index is 11.4. The number of carbonyl (C=O) groups excluding carboxylic acids is 1. The third-order valence-electron chi connectivity index (χ3n) is 2.31. The number of furan rings is 1. The van der Waals surface area contributed by atoms with Gasteiger partial charge in [0.1, 0.15) is 5.02 Å². The molecule has 0 aliphatic heterocycles. The fourth-order valence-electron chi connectivity index (χ4n) is 1.50. The van der Waals surface area contributed by atoms with Gasteiger partial charge in [0.15, 0.2) is 0 Å². The summed E-state index contributed by atoms with van der Waals surface area (Å²) < 4.78 is 11.1. The highest BCUT2D eigenvalue weighted by Gasteiger charge is 2.27. The van der Waals surface area contributed by atoms with E-state index in [4.69, 9.17) is 39.2 Å². The molecule has 2 heterocycles. The fourth-order valence-corrected chi connectivity index (χ4v) is 2.36. The Balaban J connectivity index is 2.67. The zero-order chi connectivity index (χ0) is 13.4. The van der Waals surface area contributed by atoms with Gasteiger partial charge in [0.2, 0.25) is 11.0 Å². The van der Waals surface area contributed by atoms with Gasteiger partial charge in [-0.15, -0.1) is 0 Å². The minimum atomic E-state index is -0.716. The quantitative estimate of drug-likeness (QED) is 0.798. The standard InChI is InChI=1S/C10H7Cl3N2O3/c1-15-7(4(11)3-14-15)5-6(12)8(10(16)17-2)18-9(5)13/h3H,1-2H3. The van der Waals surface area contributed by atoms with Gasteiger partial charge in [-0.05, 0) is 11.6 Å². The average molecular weight is 310 g/mol. The van der Waals surface area contributed by atoms with Gasteiger partial charge < -0.3 is 9.15 Å². The van der Waals surface area contributed by atoms with Crippen molar-refractivity contribution in [2.45, 2.75) is 0 Å². The summed E-state index contributed by atoms with van der Waals surface area (Å²) in [6.07, 6.45) is 1.44. The monoisotopic (exact) mass is 308 g/mol. The van der Waals surface area contributed by atoms with Gasteiger partial charge in [-0.3, -0.25) is 4.68 Å². The molecule has 0 saturated heterocycles. The van der Waals surface area contributed by atoms with E-state index in [1.807, 2.05) is 0 Å². The van der Waals surface area contributed by atoms with Crippen LogP contribution in [0.5, 0.6) is 0 Å². The first kappa shape index (κ1) is 13.3. The molecule has 2 aromatic rings. The first-order valence-corrected chi connectivity index (χ1v) is 5.84. The third kappa shape index (κ3) is 1.98. The van der Waals surface area contributed by atoms with Crippen LogP contribution in [0.4, 0.5) is 0 Å². The van der Waals surface area contributed by atoms with E-state index in [0.29, 0.717) is 16.3 Å². The molecule has 2 aromatic heterocycles. The van der Waals surface area contributed by atoms with Crippen LogP contribution >= 0.6 is 34.8 Å². The van der Waals surface area contributed by atoms with E-state index in [-0.39, 0.29) is 16.0 Å². The molecule has 0 N–H and O–H groups in total. The molecule has 0 atom stereocenters. The summed E-state index contributed by atoms with van der Waals surface area (Å²) in [6, 6.07) is 0. The minimum Gasteiger partial charge on any atom is -0.463 e. The topological polar surface area (TPSA) is 57.3 Å². The molecular weight excluding hydrogens is 302 g/mol. The Kier molecular flexibility index (Phi) is 3.56. The van der Waals surface area contributed by atoms with Crippen LogP contribution in [-0.2, 0) is 11.8 Å². The Labute approximate surface area is 117 Å². The highest BCUT2D eigenvalue weighted by atomic mass is 35.5.